The highest BCUT2D eigenvalue weighted by Gasteiger charge is 2.29. The second-order valence-electron chi connectivity index (χ2n) is 7.54. The average molecular weight is 349 g/mol. The van der Waals surface area contributed by atoms with E-state index in [-0.39, 0.29) is 24.2 Å². The van der Waals surface area contributed by atoms with Crippen molar-refractivity contribution >= 4 is 17.5 Å². The summed E-state index contributed by atoms with van der Waals surface area (Å²) < 4.78 is 12.9. The van der Waals surface area contributed by atoms with Gasteiger partial charge < -0.3 is 10.2 Å². The van der Waals surface area contributed by atoms with Crippen molar-refractivity contribution in [3.05, 3.63) is 30.1 Å². The number of anilines is 1. The first-order valence-electron chi connectivity index (χ1n) is 8.84. The maximum atomic E-state index is 12.9. The van der Waals surface area contributed by atoms with Crippen molar-refractivity contribution in [3.8, 4) is 0 Å². The number of amides is 2. The zero-order valence-corrected chi connectivity index (χ0v) is 15.3. The van der Waals surface area contributed by atoms with Crippen LogP contribution in [0.2, 0.25) is 0 Å². The van der Waals surface area contributed by atoms with E-state index in [2.05, 4.69) is 10.2 Å². The number of likely N-dealkylation sites (tertiary alicyclic amines) is 1. The van der Waals surface area contributed by atoms with Crippen LogP contribution in [0, 0.1) is 5.82 Å². The Labute approximate surface area is 149 Å². The van der Waals surface area contributed by atoms with Gasteiger partial charge >= 0.3 is 0 Å². The van der Waals surface area contributed by atoms with Crippen LogP contribution in [0.4, 0.5) is 10.1 Å². The highest BCUT2D eigenvalue weighted by Crippen LogP contribution is 2.16. The minimum atomic E-state index is -0.451. The van der Waals surface area contributed by atoms with Gasteiger partial charge in [-0.2, -0.15) is 0 Å². The van der Waals surface area contributed by atoms with Crippen LogP contribution in [-0.2, 0) is 9.59 Å². The van der Waals surface area contributed by atoms with E-state index in [0.29, 0.717) is 12.2 Å². The summed E-state index contributed by atoms with van der Waals surface area (Å²) in [6, 6.07) is 5.59. The fourth-order valence-corrected chi connectivity index (χ4v) is 2.97. The van der Waals surface area contributed by atoms with Crippen molar-refractivity contribution in [2.24, 2.45) is 0 Å². The zero-order valence-electron chi connectivity index (χ0n) is 15.3. The Hall–Kier alpha value is -1.95. The second-order valence-corrected chi connectivity index (χ2v) is 7.54. The number of nitrogens with one attached hydrogen (secondary N) is 1. The molecule has 0 aliphatic carbocycles. The van der Waals surface area contributed by atoms with Gasteiger partial charge in [-0.1, -0.05) is 6.42 Å². The number of carbonyl (C=O) groups excluding carboxylic acids is 2. The van der Waals surface area contributed by atoms with Gasteiger partial charge in [0.2, 0.25) is 11.8 Å². The summed E-state index contributed by atoms with van der Waals surface area (Å²) in [4.78, 5) is 28.9. The summed E-state index contributed by atoms with van der Waals surface area (Å²) >= 11 is 0. The topological polar surface area (TPSA) is 52.7 Å². The molecule has 1 saturated heterocycles. The fraction of sp³-hybridized carbons (Fsp3) is 0.579. The minimum Gasteiger partial charge on any atom is -0.327 e. The summed E-state index contributed by atoms with van der Waals surface area (Å²) in [5, 5.41) is 2.72. The molecule has 1 N–H and O–H groups in total. The third kappa shape index (κ3) is 6.12. The van der Waals surface area contributed by atoms with Gasteiger partial charge in [0.15, 0.2) is 0 Å². The zero-order chi connectivity index (χ0) is 18.4. The van der Waals surface area contributed by atoms with E-state index in [1.165, 1.54) is 30.7 Å². The highest BCUT2D eigenvalue weighted by atomic mass is 19.1. The van der Waals surface area contributed by atoms with Gasteiger partial charge in [0, 0.05) is 11.2 Å². The standard InChI is InChI=1S/C19H28FN3O2/c1-19(2,3)23(18(25)14-22-11-5-4-6-12-22)13-17(24)21-16-9-7-15(20)8-10-16/h7-10H,4-6,11-14H2,1-3H3,(H,21,24). The van der Waals surface area contributed by atoms with Crippen LogP contribution in [0.15, 0.2) is 24.3 Å². The van der Waals surface area contributed by atoms with E-state index in [0.717, 1.165) is 25.9 Å². The smallest absolute Gasteiger partial charge is 0.244 e. The molecule has 5 nitrogen and oxygen atoms in total. The van der Waals surface area contributed by atoms with E-state index < -0.39 is 5.54 Å². The van der Waals surface area contributed by atoms with Crippen LogP contribution in [0.25, 0.3) is 0 Å². The molecule has 1 aromatic rings. The Kier molecular flexibility index (Phi) is 6.53. The van der Waals surface area contributed by atoms with Crippen LogP contribution < -0.4 is 5.32 Å². The largest absolute Gasteiger partial charge is 0.327 e. The SMILES string of the molecule is CC(C)(C)N(CC(=O)Nc1ccc(F)cc1)C(=O)CN1CCCCC1. The first kappa shape index (κ1) is 19.4. The molecule has 138 valence electrons. The molecule has 1 aliphatic rings. The molecular formula is C19H28FN3O2. The molecule has 0 radical (unpaired) electrons. The predicted molar refractivity (Wildman–Crippen MR) is 96.8 cm³/mol. The van der Waals surface area contributed by atoms with Crippen molar-refractivity contribution in [2.75, 3.05) is 31.5 Å². The maximum Gasteiger partial charge on any atom is 0.244 e. The molecule has 0 atom stereocenters. The Morgan fingerprint density at radius 3 is 2.28 bits per heavy atom. The number of nitrogens with zero attached hydrogens (tertiary/aromatic N) is 2. The second kappa shape index (κ2) is 8.43. The lowest BCUT2D eigenvalue weighted by molar-refractivity contribution is -0.140. The van der Waals surface area contributed by atoms with E-state index in [1.807, 2.05) is 20.8 Å². The van der Waals surface area contributed by atoms with E-state index in [4.69, 9.17) is 0 Å². The number of hydrogen-bond donors (Lipinski definition) is 1. The number of rotatable bonds is 5. The first-order chi connectivity index (χ1) is 11.8. The Balaban J connectivity index is 1.97. The Bertz CT molecular complexity index is 590. The molecule has 6 heteroatoms. The van der Waals surface area contributed by atoms with E-state index >= 15 is 0 Å². The average Bonchev–Trinajstić information content (AvgIpc) is 2.54. The van der Waals surface area contributed by atoms with Crippen molar-refractivity contribution in [3.63, 3.8) is 0 Å². The molecule has 2 amide bonds. The normalized spacial score (nSPS) is 15.7. The van der Waals surface area contributed by atoms with Crippen LogP contribution in [0.3, 0.4) is 0 Å². The lowest BCUT2D eigenvalue weighted by Crippen LogP contribution is -2.52. The summed E-state index contributed by atoms with van der Waals surface area (Å²) in [5.41, 5.74) is 0.0660. The monoisotopic (exact) mass is 349 g/mol. The number of halogens is 1. The third-order valence-electron chi connectivity index (χ3n) is 4.35. The van der Waals surface area contributed by atoms with Crippen molar-refractivity contribution in [2.45, 2.75) is 45.6 Å². The molecule has 1 aromatic carbocycles. The van der Waals surface area contributed by atoms with E-state index in [1.54, 1.807) is 4.90 Å². The van der Waals surface area contributed by atoms with Gasteiger partial charge in [-0.25, -0.2) is 4.39 Å². The molecule has 1 aliphatic heterocycles. The maximum absolute atomic E-state index is 12.9. The molecular weight excluding hydrogens is 321 g/mol. The van der Waals surface area contributed by atoms with Crippen LogP contribution >= 0.6 is 0 Å². The molecule has 25 heavy (non-hydrogen) atoms. The lowest BCUT2D eigenvalue weighted by Gasteiger charge is -2.37. The molecule has 1 fully saturated rings. The van der Waals surface area contributed by atoms with Gasteiger partial charge in [0.05, 0.1) is 6.54 Å². The van der Waals surface area contributed by atoms with E-state index in [9.17, 15) is 14.0 Å². The third-order valence-corrected chi connectivity index (χ3v) is 4.35. The fourth-order valence-electron chi connectivity index (χ4n) is 2.97. The summed E-state index contributed by atoms with van der Waals surface area (Å²) in [5.74, 6) is -0.678. The Morgan fingerprint density at radius 2 is 1.72 bits per heavy atom. The molecule has 1 heterocycles. The molecule has 0 spiro atoms. The van der Waals surface area contributed by atoms with Gasteiger partial charge in [0.1, 0.15) is 12.4 Å². The number of hydrogen-bond acceptors (Lipinski definition) is 3. The molecule has 0 bridgehead atoms. The first-order valence-corrected chi connectivity index (χ1v) is 8.84. The molecule has 0 saturated carbocycles. The quantitative estimate of drug-likeness (QED) is 0.889. The lowest BCUT2D eigenvalue weighted by atomic mass is 10.1. The van der Waals surface area contributed by atoms with Crippen LogP contribution in [0.5, 0.6) is 0 Å². The minimum absolute atomic E-state index is 0.0203. The van der Waals surface area contributed by atoms with Crippen molar-refractivity contribution in [1.29, 1.82) is 0 Å². The summed E-state index contributed by atoms with van der Waals surface area (Å²) in [7, 11) is 0. The number of benzene rings is 1. The summed E-state index contributed by atoms with van der Waals surface area (Å²) in [6.07, 6.45) is 3.45. The molecule has 0 unspecified atom stereocenters. The van der Waals surface area contributed by atoms with Crippen LogP contribution in [-0.4, -0.2) is 53.3 Å². The van der Waals surface area contributed by atoms with Crippen LogP contribution in [0.1, 0.15) is 40.0 Å². The highest BCUT2D eigenvalue weighted by molar-refractivity contribution is 5.95. The van der Waals surface area contributed by atoms with Gasteiger partial charge in [0.25, 0.3) is 0 Å². The number of carbonyl (C=O) groups is 2. The predicted octanol–water partition coefficient (Wildman–Crippen LogP) is 2.88. The van der Waals surface area contributed by atoms with Gasteiger partial charge in [-0.3, -0.25) is 14.5 Å². The Morgan fingerprint density at radius 1 is 1.12 bits per heavy atom. The van der Waals surface area contributed by atoms with Gasteiger partial charge in [-0.15, -0.1) is 0 Å². The van der Waals surface area contributed by atoms with Crippen molar-refractivity contribution < 1.29 is 14.0 Å². The number of piperidine rings is 1. The van der Waals surface area contributed by atoms with Crippen molar-refractivity contribution in [1.82, 2.24) is 9.80 Å². The van der Waals surface area contributed by atoms with Gasteiger partial charge in [-0.05, 0) is 71.0 Å². The molecule has 2 rings (SSSR count). The summed E-state index contributed by atoms with van der Waals surface area (Å²) in [6.45, 7) is 7.97. The molecule has 0 aromatic heterocycles.